The number of nitrogens with two attached hydrogens (primary N) is 1. The Morgan fingerprint density at radius 3 is 2.72 bits per heavy atom. The van der Waals surface area contributed by atoms with Gasteiger partial charge in [-0.1, -0.05) is 23.9 Å². The number of carbonyl (C=O) groups is 3. The summed E-state index contributed by atoms with van der Waals surface area (Å²) in [6, 6.07) is 5.49. The Bertz CT molecular complexity index is 518. The summed E-state index contributed by atoms with van der Waals surface area (Å²) < 4.78 is 5.07. The summed E-state index contributed by atoms with van der Waals surface area (Å²) in [5, 5.41) is 2.19. The van der Waals surface area contributed by atoms with Crippen LogP contribution in [0.1, 0.15) is 10.4 Å². The van der Waals surface area contributed by atoms with E-state index in [2.05, 4.69) is 5.32 Å². The zero-order valence-corrected chi connectivity index (χ0v) is 10.0. The predicted octanol–water partition coefficient (Wildman–Crippen LogP) is 0.516. The highest BCUT2D eigenvalue weighted by atomic mass is 32.2. The summed E-state index contributed by atoms with van der Waals surface area (Å²) in [7, 11) is 0. The van der Waals surface area contributed by atoms with Gasteiger partial charge in [-0.3, -0.25) is 9.59 Å². The third kappa shape index (κ3) is 2.62. The van der Waals surface area contributed by atoms with E-state index in [0.717, 1.165) is 11.8 Å². The molecule has 1 aliphatic rings. The van der Waals surface area contributed by atoms with Crippen LogP contribution in [0.15, 0.2) is 24.3 Å². The van der Waals surface area contributed by atoms with Gasteiger partial charge in [0, 0.05) is 5.75 Å². The van der Waals surface area contributed by atoms with Crippen LogP contribution in [-0.4, -0.2) is 28.9 Å². The zero-order valence-electron chi connectivity index (χ0n) is 9.21. The molecule has 1 aliphatic heterocycles. The molecule has 0 spiro atoms. The first-order chi connectivity index (χ1) is 8.58. The second-order valence-corrected chi connectivity index (χ2v) is 4.57. The average Bonchev–Trinajstić information content (AvgIpc) is 2.76. The predicted molar refractivity (Wildman–Crippen MR) is 65.4 cm³/mol. The molecule has 0 radical (unpaired) electrons. The van der Waals surface area contributed by atoms with Gasteiger partial charge in [0.15, 0.2) is 0 Å². The Balaban J connectivity index is 2.12. The largest absolute Gasteiger partial charge is 0.424 e. The van der Waals surface area contributed by atoms with E-state index in [9.17, 15) is 14.4 Å². The molecule has 94 valence electrons. The van der Waals surface area contributed by atoms with Gasteiger partial charge < -0.3 is 15.8 Å². The van der Waals surface area contributed by atoms with E-state index in [1.54, 1.807) is 12.1 Å². The Morgan fingerprint density at radius 2 is 2.11 bits per heavy atom. The van der Waals surface area contributed by atoms with E-state index >= 15 is 0 Å². The fourth-order valence-electron chi connectivity index (χ4n) is 1.45. The van der Waals surface area contributed by atoms with Crippen LogP contribution in [-0.2, 0) is 4.79 Å². The SMILES string of the molecule is NC(=O)c1ccccc1OC(=O)C1CSC(=O)N1. The van der Waals surface area contributed by atoms with Crippen LogP contribution in [0, 0.1) is 0 Å². The smallest absolute Gasteiger partial charge is 0.334 e. The number of carbonyl (C=O) groups excluding carboxylic acids is 3. The lowest BCUT2D eigenvalue weighted by atomic mass is 10.2. The van der Waals surface area contributed by atoms with Crippen LogP contribution in [0.25, 0.3) is 0 Å². The minimum atomic E-state index is -0.691. The minimum absolute atomic E-state index is 0.0983. The molecule has 2 rings (SSSR count). The van der Waals surface area contributed by atoms with Gasteiger partial charge in [-0.05, 0) is 12.1 Å². The second kappa shape index (κ2) is 5.09. The lowest BCUT2D eigenvalue weighted by molar-refractivity contribution is -0.135. The van der Waals surface area contributed by atoms with Crippen LogP contribution >= 0.6 is 11.8 Å². The molecule has 18 heavy (non-hydrogen) atoms. The van der Waals surface area contributed by atoms with Crippen molar-refractivity contribution >= 4 is 28.9 Å². The standard InChI is InChI=1S/C11H10N2O4S/c12-9(14)6-3-1-2-4-8(6)17-10(15)7-5-18-11(16)13-7/h1-4,7H,5H2,(H2,12,14)(H,13,16). The maximum Gasteiger partial charge on any atom is 0.334 e. The number of nitrogens with one attached hydrogen (secondary N) is 1. The van der Waals surface area contributed by atoms with Crippen molar-refractivity contribution in [1.29, 1.82) is 0 Å². The maximum atomic E-state index is 11.7. The topological polar surface area (TPSA) is 98.5 Å². The minimum Gasteiger partial charge on any atom is -0.424 e. The Kier molecular flexibility index (Phi) is 3.52. The molecule has 0 bridgehead atoms. The molecule has 1 fully saturated rings. The summed E-state index contributed by atoms with van der Waals surface area (Å²) in [5.74, 6) is -0.873. The monoisotopic (exact) mass is 266 g/mol. The van der Waals surface area contributed by atoms with Crippen LogP contribution < -0.4 is 15.8 Å². The van der Waals surface area contributed by atoms with Crippen molar-refractivity contribution in [3.63, 3.8) is 0 Å². The fraction of sp³-hybridized carbons (Fsp3) is 0.182. The van der Waals surface area contributed by atoms with Crippen molar-refractivity contribution in [1.82, 2.24) is 5.32 Å². The zero-order chi connectivity index (χ0) is 13.1. The molecule has 7 heteroatoms. The molecule has 0 aromatic heterocycles. The number of benzene rings is 1. The number of thioether (sulfide) groups is 1. The second-order valence-electron chi connectivity index (χ2n) is 3.58. The van der Waals surface area contributed by atoms with Crippen LogP contribution in [0.4, 0.5) is 4.79 Å². The molecule has 1 saturated heterocycles. The van der Waals surface area contributed by atoms with Gasteiger partial charge >= 0.3 is 5.97 Å². The van der Waals surface area contributed by atoms with E-state index in [4.69, 9.17) is 10.5 Å². The summed E-state index contributed by atoms with van der Waals surface area (Å²) >= 11 is 1.01. The normalized spacial score (nSPS) is 18.2. The van der Waals surface area contributed by atoms with Gasteiger partial charge in [0.25, 0.3) is 11.1 Å². The summed E-state index contributed by atoms with van der Waals surface area (Å²) in [6.45, 7) is 0. The maximum absolute atomic E-state index is 11.7. The number of hydrogen-bond donors (Lipinski definition) is 2. The van der Waals surface area contributed by atoms with E-state index in [0.29, 0.717) is 5.75 Å². The molecule has 6 nitrogen and oxygen atoms in total. The van der Waals surface area contributed by atoms with Crippen molar-refractivity contribution in [3.8, 4) is 5.75 Å². The first-order valence-electron chi connectivity index (χ1n) is 5.12. The molecule has 1 atom stereocenters. The van der Waals surface area contributed by atoms with Crippen molar-refractivity contribution in [2.75, 3.05) is 5.75 Å². The summed E-state index contributed by atoms with van der Waals surface area (Å²) in [6.07, 6.45) is 0. The molecule has 3 N–H and O–H groups in total. The lowest BCUT2D eigenvalue weighted by Gasteiger charge is -2.11. The van der Waals surface area contributed by atoms with Gasteiger partial charge in [0.05, 0.1) is 5.56 Å². The number of para-hydroxylation sites is 1. The molecule has 1 aromatic rings. The van der Waals surface area contributed by atoms with E-state index < -0.39 is 17.9 Å². The summed E-state index contributed by atoms with van der Waals surface area (Å²) in [4.78, 5) is 33.8. The molecular formula is C11H10N2O4S. The van der Waals surface area contributed by atoms with E-state index in [-0.39, 0.29) is 16.6 Å². The summed E-state index contributed by atoms with van der Waals surface area (Å²) in [5.41, 5.74) is 5.29. The van der Waals surface area contributed by atoms with Crippen molar-refractivity contribution < 1.29 is 19.1 Å². The Labute approximate surface area is 107 Å². The molecule has 1 heterocycles. The number of ether oxygens (including phenoxy) is 1. The van der Waals surface area contributed by atoms with Gasteiger partial charge in [-0.15, -0.1) is 0 Å². The fourth-order valence-corrected chi connectivity index (χ4v) is 2.21. The third-order valence-corrected chi connectivity index (χ3v) is 3.20. The highest BCUT2D eigenvalue weighted by Gasteiger charge is 2.30. The number of rotatable bonds is 3. The highest BCUT2D eigenvalue weighted by Crippen LogP contribution is 2.20. The molecule has 1 aromatic carbocycles. The molecule has 2 amide bonds. The Hall–Kier alpha value is -2.02. The van der Waals surface area contributed by atoms with Gasteiger partial charge in [0.1, 0.15) is 11.8 Å². The van der Waals surface area contributed by atoms with Crippen LogP contribution in [0.5, 0.6) is 5.75 Å². The van der Waals surface area contributed by atoms with Crippen LogP contribution in [0.3, 0.4) is 0 Å². The first-order valence-corrected chi connectivity index (χ1v) is 6.10. The number of primary amides is 1. The van der Waals surface area contributed by atoms with E-state index in [1.807, 2.05) is 0 Å². The number of esters is 1. The van der Waals surface area contributed by atoms with Crippen molar-refractivity contribution in [2.24, 2.45) is 5.73 Å². The average molecular weight is 266 g/mol. The molecule has 0 saturated carbocycles. The quantitative estimate of drug-likeness (QED) is 0.613. The van der Waals surface area contributed by atoms with Gasteiger partial charge in [-0.2, -0.15) is 0 Å². The van der Waals surface area contributed by atoms with Gasteiger partial charge in [-0.25, -0.2) is 4.79 Å². The number of amides is 2. The van der Waals surface area contributed by atoms with Crippen molar-refractivity contribution in [3.05, 3.63) is 29.8 Å². The third-order valence-electron chi connectivity index (χ3n) is 2.32. The Morgan fingerprint density at radius 1 is 1.39 bits per heavy atom. The van der Waals surface area contributed by atoms with E-state index in [1.165, 1.54) is 12.1 Å². The van der Waals surface area contributed by atoms with Crippen molar-refractivity contribution in [2.45, 2.75) is 6.04 Å². The molecule has 1 unspecified atom stereocenters. The first kappa shape index (κ1) is 12.4. The number of hydrogen-bond acceptors (Lipinski definition) is 5. The lowest BCUT2D eigenvalue weighted by Crippen LogP contribution is -2.37. The molecule has 0 aliphatic carbocycles. The molecular weight excluding hydrogens is 256 g/mol. The van der Waals surface area contributed by atoms with Crippen LogP contribution in [0.2, 0.25) is 0 Å². The van der Waals surface area contributed by atoms with Gasteiger partial charge in [0.2, 0.25) is 0 Å². The highest BCUT2D eigenvalue weighted by molar-refractivity contribution is 8.14.